The minimum absolute atomic E-state index is 0.174. The summed E-state index contributed by atoms with van der Waals surface area (Å²) in [5, 5.41) is 9.32. The van der Waals surface area contributed by atoms with E-state index in [4.69, 9.17) is 11.6 Å². The van der Waals surface area contributed by atoms with Crippen molar-refractivity contribution in [3.63, 3.8) is 0 Å². The summed E-state index contributed by atoms with van der Waals surface area (Å²) in [5.74, 6) is 0. The van der Waals surface area contributed by atoms with Gasteiger partial charge in [-0.15, -0.1) is 21.8 Å². The second-order valence-electron chi connectivity index (χ2n) is 3.86. The van der Waals surface area contributed by atoms with E-state index in [9.17, 15) is 8.42 Å². The average molecular weight is 303 g/mol. The van der Waals surface area contributed by atoms with Gasteiger partial charge in [0, 0.05) is 11.8 Å². The highest BCUT2D eigenvalue weighted by Crippen LogP contribution is 2.29. The molecule has 0 N–H and O–H groups in total. The molecule has 0 aliphatic rings. The monoisotopic (exact) mass is 302 g/mol. The van der Waals surface area contributed by atoms with Gasteiger partial charge in [0.15, 0.2) is 9.84 Å². The van der Waals surface area contributed by atoms with Gasteiger partial charge in [-0.2, -0.15) is 0 Å². The lowest BCUT2D eigenvalue weighted by atomic mass is 10.2. The third-order valence-electron chi connectivity index (χ3n) is 2.31. The summed E-state index contributed by atoms with van der Waals surface area (Å²) in [5.41, 5.74) is 0.837. The average Bonchev–Trinajstić information content (AvgIpc) is 2.77. The molecule has 2 rings (SSSR count). The molecule has 1 unspecified atom stereocenters. The van der Waals surface area contributed by atoms with E-state index in [-0.39, 0.29) is 5.38 Å². The maximum absolute atomic E-state index is 11.3. The highest BCUT2D eigenvalue weighted by molar-refractivity contribution is 7.90. The van der Waals surface area contributed by atoms with Crippen LogP contribution in [0, 0.1) is 0 Å². The Balaban J connectivity index is 2.34. The standard InChI is InChI=1S/C11H11ClN2O2S2/c1-7(12)10-13-14-11(17-10)8-3-5-9(6-4-8)18(2,15)16/h3-7H,1-2H3. The summed E-state index contributed by atoms with van der Waals surface area (Å²) >= 11 is 7.32. The fraction of sp³-hybridized carbons (Fsp3) is 0.273. The second kappa shape index (κ2) is 4.95. The summed E-state index contributed by atoms with van der Waals surface area (Å²) in [6.45, 7) is 1.83. The molecule has 0 saturated heterocycles. The van der Waals surface area contributed by atoms with Gasteiger partial charge < -0.3 is 0 Å². The van der Waals surface area contributed by atoms with Crippen molar-refractivity contribution in [2.75, 3.05) is 6.26 Å². The fourth-order valence-corrected chi connectivity index (χ4v) is 2.94. The zero-order chi connectivity index (χ0) is 13.3. The molecule has 0 radical (unpaired) electrons. The van der Waals surface area contributed by atoms with E-state index >= 15 is 0 Å². The van der Waals surface area contributed by atoms with Crippen molar-refractivity contribution in [1.82, 2.24) is 10.2 Å². The van der Waals surface area contributed by atoms with Gasteiger partial charge in [0.2, 0.25) is 0 Å². The summed E-state index contributed by atoms with van der Waals surface area (Å²) in [7, 11) is -3.16. The van der Waals surface area contributed by atoms with Gasteiger partial charge in [-0.1, -0.05) is 23.5 Å². The van der Waals surface area contributed by atoms with Crippen LogP contribution in [0.1, 0.15) is 17.3 Å². The van der Waals surface area contributed by atoms with Crippen molar-refractivity contribution in [2.24, 2.45) is 0 Å². The van der Waals surface area contributed by atoms with Crippen LogP contribution in [0.4, 0.5) is 0 Å². The number of benzene rings is 1. The summed E-state index contributed by atoms with van der Waals surface area (Å²) in [4.78, 5) is 0.293. The first-order valence-corrected chi connectivity index (χ1v) is 8.30. The minimum Gasteiger partial charge on any atom is -0.224 e. The first-order valence-electron chi connectivity index (χ1n) is 5.16. The van der Waals surface area contributed by atoms with E-state index in [0.29, 0.717) is 4.90 Å². The molecule has 0 amide bonds. The van der Waals surface area contributed by atoms with Crippen LogP contribution in [0.3, 0.4) is 0 Å². The van der Waals surface area contributed by atoms with Gasteiger partial charge >= 0.3 is 0 Å². The molecule has 0 saturated carbocycles. The Labute approximate surface area is 115 Å². The topological polar surface area (TPSA) is 59.9 Å². The van der Waals surface area contributed by atoms with Crippen molar-refractivity contribution in [1.29, 1.82) is 0 Å². The fourth-order valence-electron chi connectivity index (χ4n) is 1.36. The quantitative estimate of drug-likeness (QED) is 0.818. The van der Waals surface area contributed by atoms with Gasteiger partial charge in [0.25, 0.3) is 0 Å². The van der Waals surface area contributed by atoms with Crippen molar-refractivity contribution in [3.05, 3.63) is 29.3 Å². The Morgan fingerprint density at radius 3 is 2.28 bits per heavy atom. The number of alkyl halides is 1. The molecule has 1 atom stereocenters. The minimum atomic E-state index is -3.16. The maximum atomic E-state index is 11.3. The van der Waals surface area contributed by atoms with Crippen LogP contribution in [0.2, 0.25) is 0 Å². The van der Waals surface area contributed by atoms with E-state index in [1.165, 1.54) is 17.6 Å². The van der Waals surface area contributed by atoms with Crippen LogP contribution in [0.5, 0.6) is 0 Å². The first kappa shape index (κ1) is 13.5. The number of hydrogen-bond donors (Lipinski definition) is 0. The van der Waals surface area contributed by atoms with Crippen molar-refractivity contribution < 1.29 is 8.42 Å². The van der Waals surface area contributed by atoms with Crippen molar-refractivity contribution >= 4 is 32.8 Å². The Bertz CT molecular complexity index is 648. The Hall–Kier alpha value is -0.980. The van der Waals surface area contributed by atoms with Crippen LogP contribution < -0.4 is 0 Å². The molecule has 0 bridgehead atoms. The molecule has 0 fully saturated rings. The molecule has 4 nitrogen and oxygen atoms in total. The summed E-state index contributed by atoms with van der Waals surface area (Å²) < 4.78 is 22.7. The van der Waals surface area contributed by atoms with Crippen LogP contribution in [-0.4, -0.2) is 24.9 Å². The van der Waals surface area contributed by atoms with E-state index in [1.807, 2.05) is 6.92 Å². The zero-order valence-electron chi connectivity index (χ0n) is 9.79. The molecular formula is C11H11ClN2O2S2. The largest absolute Gasteiger partial charge is 0.224 e. The molecule has 0 aliphatic carbocycles. The SMILES string of the molecule is CC(Cl)c1nnc(-c2ccc(S(C)(=O)=O)cc2)s1. The molecule has 1 aromatic carbocycles. The molecule has 96 valence electrons. The lowest BCUT2D eigenvalue weighted by Gasteiger charge is -1.99. The van der Waals surface area contributed by atoms with Crippen molar-refractivity contribution in [2.45, 2.75) is 17.2 Å². The first-order chi connectivity index (χ1) is 8.38. The number of rotatable bonds is 3. The zero-order valence-corrected chi connectivity index (χ0v) is 12.2. The van der Waals surface area contributed by atoms with Crippen LogP contribution in [0.25, 0.3) is 10.6 Å². The molecule has 18 heavy (non-hydrogen) atoms. The number of aromatic nitrogens is 2. The highest BCUT2D eigenvalue weighted by atomic mass is 35.5. The lowest BCUT2D eigenvalue weighted by molar-refractivity contribution is 0.602. The predicted octanol–water partition coefficient (Wildman–Crippen LogP) is 2.91. The number of halogens is 1. The summed E-state index contributed by atoms with van der Waals surface area (Å²) in [6.07, 6.45) is 1.18. The third-order valence-corrected chi connectivity index (χ3v) is 4.93. The van der Waals surface area contributed by atoms with Crippen LogP contribution in [0.15, 0.2) is 29.2 Å². The Morgan fingerprint density at radius 2 is 1.83 bits per heavy atom. The second-order valence-corrected chi connectivity index (χ2v) is 7.54. The molecule has 0 spiro atoms. The van der Waals surface area contributed by atoms with Gasteiger partial charge in [0.05, 0.1) is 10.3 Å². The normalized spacial score (nSPS) is 13.5. The number of sulfone groups is 1. The highest BCUT2D eigenvalue weighted by Gasteiger charge is 2.12. The smallest absolute Gasteiger partial charge is 0.175 e. The Kier molecular flexibility index (Phi) is 3.70. The number of hydrogen-bond acceptors (Lipinski definition) is 5. The van der Waals surface area contributed by atoms with E-state index < -0.39 is 9.84 Å². The molecule has 2 aromatic rings. The van der Waals surface area contributed by atoms with Crippen LogP contribution in [-0.2, 0) is 9.84 Å². The van der Waals surface area contributed by atoms with Gasteiger partial charge in [-0.3, -0.25) is 0 Å². The molecule has 1 heterocycles. The Morgan fingerprint density at radius 1 is 1.22 bits per heavy atom. The molecular weight excluding hydrogens is 292 g/mol. The van der Waals surface area contributed by atoms with E-state index in [1.54, 1.807) is 24.3 Å². The van der Waals surface area contributed by atoms with Gasteiger partial charge in [-0.25, -0.2) is 8.42 Å². The number of nitrogens with zero attached hydrogens (tertiary/aromatic N) is 2. The lowest BCUT2D eigenvalue weighted by Crippen LogP contribution is -1.96. The predicted molar refractivity (Wildman–Crippen MR) is 72.7 cm³/mol. The van der Waals surface area contributed by atoms with Gasteiger partial charge in [0.1, 0.15) is 10.0 Å². The molecule has 1 aromatic heterocycles. The maximum Gasteiger partial charge on any atom is 0.175 e. The van der Waals surface area contributed by atoms with Crippen molar-refractivity contribution in [3.8, 4) is 10.6 Å². The molecule has 7 heteroatoms. The van der Waals surface area contributed by atoms with E-state index in [0.717, 1.165) is 15.6 Å². The van der Waals surface area contributed by atoms with E-state index in [2.05, 4.69) is 10.2 Å². The molecule has 0 aliphatic heterocycles. The van der Waals surface area contributed by atoms with Gasteiger partial charge in [-0.05, 0) is 19.1 Å². The van der Waals surface area contributed by atoms with Crippen LogP contribution >= 0.6 is 22.9 Å². The third kappa shape index (κ3) is 2.88. The summed E-state index contributed by atoms with van der Waals surface area (Å²) in [6, 6.07) is 6.57.